The van der Waals surface area contributed by atoms with E-state index in [0.29, 0.717) is 19.4 Å². The molecule has 1 unspecified atom stereocenters. The van der Waals surface area contributed by atoms with E-state index >= 15 is 0 Å². The van der Waals surface area contributed by atoms with Gasteiger partial charge in [-0.15, -0.1) is 0 Å². The van der Waals surface area contributed by atoms with Crippen LogP contribution >= 0.6 is 0 Å². The summed E-state index contributed by atoms with van der Waals surface area (Å²) in [5.74, 6) is 0.510. The average Bonchev–Trinajstić information content (AvgIpc) is 2.44. The molecular formula is C17H24O4. The highest BCUT2D eigenvalue weighted by molar-refractivity contribution is 5.79. The van der Waals surface area contributed by atoms with Crippen LogP contribution in [0.4, 0.5) is 0 Å². The van der Waals surface area contributed by atoms with E-state index in [0.717, 1.165) is 24.2 Å². The van der Waals surface area contributed by atoms with Gasteiger partial charge in [0.25, 0.3) is 0 Å². The Balaban J connectivity index is 1.76. The van der Waals surface area contributed by atoms with Crippen molar-refractivity contribution < 1.29 is 19.0 Å². The fourth-order valence-electron chi connectivity index (χ4n) is 2.51. The lowest BCUT2D eigenvalue weighted by atomic mass is 10.0. The molecule has 4 nitrogen and oxygen atoms in total. The molecule has 1 aromatic rings. The fraction of sp³-hybridized carbons (Fsp3) is 0.588. The number of aryl methyl sites for hydroxylation is 1. The molecule has 1 aliphatic heterocycles. The van der Waals surface area contributed by atoms with Gasteiger partial charge in [0.1, 0.15) is 11.5 Å². The number of ether oxygens (including phenoxy) is 3. The molecule has 1 atom stereocenters. The van der Waals surface area contributed by atoms with Crippen LogP contribution in [0.15, 0.2) is 24.3 Å². The van der Waals surface area contributed by atoms with Crippen LogP contribution in [-0.4, -0.2) is 31.4 Å². The summed E-state index contributed by atoms with van der Waals surface area (Å²) >= 11 is 0. The van der Waals surface area contributed by atoms with Crippen LogP contribution in [-0.2, 0) is 20.7 Å². The van der Waals surface area contributed by atoms with Gasteiger partial charge in [-0.1, -0.05) is 12.1 Å². The second kappa shape index (κ2) is 7.05. The Labute approximate surface area is 126 Å². The number of benzene rings is 1. The molecule has 1 aromatic carbocycles. The lowest BCUT2D eigenvalue weighted by Gasteiger charge is -2.35. The van der Waals surface area contributed by atoms with Gasteiger partial charge >= 0.3 is 0 Å². The standard InChI is InChI=1S/C17H24O4/c1-17(2)20-11-10-16(21-17)12-14(18)7-4-13-5-8-15(19-3)9-6-13/h5-6,8-9,16H,4,7,10-12H2,1-3H3. The van der Waals surface area contributed by atoms with Crippen molar-refractivity contribution in [1.29, 1.82) is 0 Å². The molecule has 0 aromatic heterocycles. The SMILES string of the molecule is COc1ccc(CCC(=O)CC2CCOC(C)(C)O2)cc1. The average molecular weight is 292 g/mol. The van der Waals surface area contributed by atoms with Gasteiger partial charge in [-0.2, -0.15) is 0 Å². The van der Waals surface area contributed by atoms with Gasteiger partial charge in [0, 0.05) is 12.8 Å². The molecule has 0 saturated carbocycles. The highest BCUT2D eigenvalue weighted by atomic mass is 16.7. The summed E-state index contributed by atoms with van der Waals surface area (Å²) in [5.41, 5.74) is 1.15. The van der Waals surface area contributed by atoms with Crippen molar-refractivity contribution in [1.82, 2.24) is 0 Å². The first-order valence-electron chi connectivity index (χ1n) is 7.45. The third-order valence-electron chi connectivity index (χ3n) is 3.65. The molecule has 0 bridgehead atoms. The Morgan fingerprint density at radius 1 is 1.33 bits per heavy atom. The van der Waals surface area contributed by atoms with Gasteiger partial charge in [0.2, 0.25) is 0 Å². The quantitative estimate of drug-likeness (QED) is 0.808. The lowest BCUT2D eigenvalue weighted by molar-refractivity contribution is -0.272. The largest absolute Gasteiger partial charge is 0.497 e. The maximum atomic E-state index is 12.1. The maximum absolute atomic E-state index is 12.1. The van der Waals surface area contributed by atoms with Gasteiger partial charge in [0.05, 0.1) is 19.8 Å². The highest BCUT2D eigenvalue weighted by Crippen LogP contribution is 2.24. The minimum atomic E-state index is -0.570. The van der Waals surface area contributed by atoms with Gasteiger partial charge in [0.15, 0.2) is 5.79 Å². The minimum absolute atomic E-state index is 0.0166. The van der Waals surface area contributed by atoms with Crippen molar-refractivity contribution in [2.75, 3.05) is 13.7 Å². The van der Waals surface area contributed by atoms with Gasteiger partial charge in [-0.3, -0.25) is 4.79 Å². The molecule has 0 spiro atoms. The molecular weight excluding hydrogens is 268 g/mol. The summed E-state index contributed by atoms with van der Waals surface area (Å²) in [7, 11) is 1.65. The minimum Gasteiger partial charge on any atom is -0.497 e. The molecule has 1 heterocycles. The zero-order valence-electron chi connectivity index (χ0n) is 13.1. The van der Waals surface area contributed by atoms with E-state index in [-0.39, 0.29) is 11.9 Å². The van der Waals surface area contributed by atoms with Crippen LogP contribution in [0.5, 0.6) is 5.75 Å². The molecule has 4 heteroatoms. The van der Waals surface area contributed by atoms with Crippen LogP contribution < -0.4 is 4.74 Å². The number of carbonyl (C=O) groups excluding carboxylic acids is 1. The monoisotopic (exact) mass is 292 g/mol. The Kier molecular flexibility index (Phi) is 5.37. The summed E-state index contributed by atoms with van der Waals surface area (Å²) in [5, 5.41) is 0. The smallest absolute Gasteiger partial charge is 0.163 e. The third kappa shape index (κ3) is 5.14. The number of hydrogen-bond donors (Lipinski definition) is 0. The Bertz CT molecular complexity index is 464. The molecule has 0 N–H and O–H groups in total. The molecule has 1 saturated heterocycles. The molecule has 1 fully saturated rings. The molecule has 0 radical (unpaired) electrons. The van der Waals surface area contributed by atoms with Crippen LogP contribution in [0.1, 0.15) is 38.7 Å². The van der Waals surface area contributed by atoms with Gasteiger partial charge in [-0.05, 0) is 44.4 Å². The Morgan fingerprint density at radius 2 is 2.05 bits per heavy atom. The molecule has 1 aliphatic rings. The van der Waals surface area contributed by atoms with Gasteiger partial charge in [-0.25, -0.2) is 0 Å². The number of hydrogen-bond acceptors (Lipinski definition) is 4. The number of Topliss-reactive ketones (excluding diaryl/α,β-unsaturated/α-hetero) is 1. The first-order valence-corrected chi connectivity index (χ1v) is 7.45. The van der Waals surface area contributed by atoms with Crippen molar-refractivity contribution in [2.45, 2.75) is 51.4 Å². The van der Waals surface area contributed by atoms with Gasteiger partial charge < -0.3 is 14.2 Å². The molecule has 2 rings (SSSR count). The van der Waals surface area contributed by atoms with Crippen molar-refractivity contribution in [3.05, 3.63) is 29.8 Å². The zero-order valence-corrected chi connectivity index (χ0v) is 13.1. The predicted octanol–water partition coefficient (Wildman–Crippen LogP) is 3.13. The second-order valence-electron chi connectivity index (χ2n) is 5.87. The molecule has 0 amide bonds. The number of ketones is 1. The Hall–Kier alpha value is -1.39. The van der Waals surface area contributed by atoms with Crippen LogP contribution in [0, 0.1) is 0 Å². The summed E-state index contributed by atoms with van der Waals surface area (Å²) in [6.07, 6.45) is 2.56. The summed E-state index contributed by atoms with van der Waals surface area (Å²) in [4.78, 5) is 12.1. The first-order chi connectivity index (χ1) is 9.98. The number of rotatable bonds is 6. The number of carbonyl (C=O) groups is 1. The van der Waals surface area contributed by atoms with E-state index in [1.165, 1.54) is 0 Å². The van der Waals surface area contributed by atoms with Crippen LogP contribution in [0.3, 0.4) is 0 Å². The van der Waals surface area contributed by atoms with Crippen molar-refractivity contribution >= 4 is 5.78 Å². The fourth-order valence-corrected chi connectivity index (χ4v) is 2.51. The van der Waals surface area contributed by atoms with Crippen LogP contribution in [0.25, 0.3) is 0 Å². The van der Waals surface area contributed by atoms with E-state index in [4.69, 9.17) is 14.2 Å². The van der Waals surface area contributed by atoms with E-state index in [2.05, 4.69) is 0 Å². The van der Waals surface area contributed by atoms with Crippen molar-refractivity contribution in [2.24, 2.45) is 0 Å². The first kappa shape index (κ1) is 16.0. The summed E-state index contributed by atoms with van der Waals surface area (Å²) in [6.45, 7) is 4.44. The number of methoxy groups -OCH3 is 1. The van der Waals surface area contributed by atoms with E-state index in [1.54, 1.807) is 7.11 Å². The maximum Gasteiger partial charge on any atom is 0.163 e. The molecule has 0 aliphatic carbocycles. The molecule has 116 valence electrons. The van der Waals surface area contributed by atoms with E-state index < -0.39 is 5.79 Å². The van der Waals surface area contributed by atoms with Crippen molar-refractivity contribution in [3.63, 3.8) is 0 Å². The topological polar surface area (TPSA) is 44.8 Å². The van der Waals surface area contributed by atoms with Crippen molar-refractivity contribution in [3.8, 4) is 5.75 Å². The van der Waals surface area contributed by atoms with E-state index in [9.17, 15) is 4.79 Å². The lowest BCUT2D eigenvalue weighted by Crippen LogP contribution is -2.40. The second-order valence-corrected chi connectivity index (χ2v) is 5.87. The molecule has 21 heavy (non-hydrogen) atoms. The van der Waals surface area contributed by atoms with E-state index in [1.807, 2.05) is 38.1 Å². The zero-order chi connectivity index (χ0) is 15.3. The summed E-state index contributed by atoms with van der Waals surface area (Å²) in [6, 6.07) is 7.84. The Morgan fingerprint density at radius 3 is 2.67 bits per heavy atom. The van der Waals surface area contributed by atoms with Crippen LogP contribution in [0.2, 0.25) is 0 Å². The summed E-state index contributed by atoms with van der Waals surface area (Å²) < 4.78 is 16.4. The highest BCUT2D eigenvalue weighted by Gasteiger charge is 2.30. The third-order valence-corrected chi connectivity index (χ3v) is 3.65. The normalized spacial score (nSPS) is 21.0. The predicted molar refractivity (Wildman–Crippen MR) is 80.5 cm³/mol.